The quantitative estimate of drug-likeness (QED) is 0.668. The maximum Gasteiger partial charge on any atom is 0.273 e. The van der Waals surface area contributed by atoms with E-state index < -0.39 is 0 Å². The second kappa shape index (κ2) is 6.12. The van der Waals surface area contributed by atoms with Crippen LogP contribution < -0.4 is 5.32 Å². The van der Waals surface area contributed by atoms with Crippen LogP contribution in [0.15, 0.2) is 24.3 Å². The van der Waals surface area contributed by atoms with E-state index in [9.17, 15) is 10.1 Å². The van der Waals surface area contributed by atoms with Gasteiger partial charge in [-0.25, -0.2) is 0 Å². The standard InChI is InChI=1S/C16H23N3O2/c1-18-14-6-7-15(18)9-12(8-14)10-17-11-13-4-2-3-5-16(13)19(20)21/h2-5,12,14-15,17H,6-11H2,1H3. The van der Waals surface area contributed by atoms with Gasteiger partial charge in [0, 0.05) is 30.3 Å². The van der Waals surface area contributed by atoms with Crippen molar-refractivity contribution in [2.75, 3.05) is 13.6 Å². The molecule has 0 spiro atoms. The molecule has 5 heteroatoms. The van der Waals surface area contributed by atoms with Crippen LogP contribution in [-0.2, 0) is 6.54 Å². The molecule has 0 aliphatic carbocycles. The highest BCUT2D eigenvalue weighted by Gasteiger charge is 2.37. The second-order valence-electron chi connectivity index (χ2n) is 6.40. The average Bonchev–Trinajstić information content (AvgIpc) is 2.70. The Balaban J connectivity index is 1.52. The summed E-state index contributed by atoms with van der Waals surface area (Å²) in [5.41, 5.74) is 0.992. The molecule has 0 aromatic heterocycles. The van der Waals surface area contributed by atoms with Crippen molar-refractivity contribution in [2.45, 2.75) is 44.3 Å². The van der Waals surface area contributed by atoms with Crippen LogP contribution in [0.5, 0.6) is 0 Å². The first-order valence-corrected chi connectivity index (χ1v) is 7.80. The number of piperidine rings is 1. The Kier molecular flexibility index (Phi) is 4.22. The van der Waals surface area contributed by atoms with E-state index in [4.69, 9.17) is 0 Å². The largest absolute Gasteiger partial charge is 0.312 e. The van der Waals surface area contributed by atoms with Crippen LogP contribution in [0.3, 0.4) is 0 Å². The Hall–Kier alpha value is -1.46. The predicted molar refractivity (Wildman–Crippen MR) is 82.1 cm³/mol. The van der Waals surface area contributed by atoms with Gasteiger partial charge in [0.25, 0.3) is 5.69 Å². The molecule has 2 atom stereocenters. The molecule has 1 aromatic rings. The van der Waals surface area contributed by atoms with Gasteiger partial charge in [-0.2, -0.15) is 0 Å². The lowest BCUT2D eigenvalue weighted by atomic mass is 9.91. The van der Waals surface area contributed by atoms with Gasteiger partial charge in [0.05, 0.1) is 4.92 Å². The number of rotatable bonds is 5. The highest BCUT2D eigenvalue weighted by atomic mass is 16.6. The van der Waals surface area contributed by atoms with Crippen molar-refractivity contribution in [1.29, 1.82) is 0 Å². The normalized spacial score (nSPS) is 28.7. The number of hydrogen-bond acceptors (Lipinski definition) is 4. The zero-order chi connectivity index (χ0) is 14.8. The van der Waals surface area contributed by atoms with E-state index in [-0.39, 0.29) is 10.6 Å². The summed E-state index contributed by atoms with van der Waals surface area (Å²) < 4.78 is 0. The monoisotopic (exact) mass is 289 g/mol. The maximum atomic E-state index is 11.0. The first-order valence-electron chi connectivity index (χ1n) is 7.80. The Labute approximate surface area is 125 Å². The van der Waals surface area contributed by atoms with Gasteiger partial charge in [-0.3, -0.25) is 10.1 Å². The highest BCUT2D eigenvalue weighted by Crippen LogP contribution is 2.37. The second-order valence-corrected chi connectivity index (χ2v) is 6.40. The lowest BCUT2D eigenvalue weighted by molar-refractivity contribution is -0.385. The van der Waals surface area contributed by atoms with Crippen LogP contribution in [0, 0.1) is 16.0 Å². The van der Waals surface area contributed by atoms with Crippen LogP contribution in [0.4, 0.5) is 5.69 Å². The maximum absolute atomic E-state index is 11.0. The van der Waals surface area contributed by atoms with E-state index in [0.717, 1.165) is 24.2 Å². The van der Waals surface area contributed by atoms with Crippen molar-refractivity contribution >= 4 is 5.69 Å². The smallest absolute Gasteiger partial charge is 0.273 e. The number of hydrogen-bond donors (Lipinski definition) is 1. The van der Waals surface area contributed by atoms with Crippen LogP contribution in [0.1, 0.15) is 31.2 Å². The Morgan fingerprint density at radius 1 is 1.29 bits per heavy atom. The Morgan fingerprint density at radius 2 is 1.95 bits per heavy atom. The summed E-state index contributed by atoms with van der Waals surface area (Å²) in [6.45, 7) is 1.55. The lowest BCUT2D eigenvalue weighted by Gasteiger charge is -2.36. The minimum absolute atomic E-state index is 0.216. The van der Waals surface area contributed by atoms with Gasteiger partial charge in [-0.15, -0.1) is 0 Å². The zero-order valence-corrected chi connectivity index (χ0v) is 12.5. The number of nitrogens with one attached hydrogen (secondary N) is 1. The fourth-order valence-electron chi connectivity index (χ4n) is 3.94. The highest BCUT2D eigenvalue weighted by molar-refractivity contribution is 5.39. The molecule has 0 amide bonds. The molecule has 2 bridgehead atoms. The summed E-state index contributed by atoms with van der Waals surface area (Å²) in [5, 5.41) is 14.4. The molecule has 2 aliphatic rings. The molecule has 1 aromatic carbocycles. The summed E-state index contributed by atoms with van der Waals surface area (Å²) in [7, 11) is 2.25. The van der Waals surface area contributed by atoms with E-state index in [1.807, 2.05) is 12.1 Å². The third-order valence-corrected chi connectivity index (χ3v) is 5.13. The van der Waals surface area contributed by atoms with Crippen LogP contribution in [0.25, 0.3) is 0 Å². The molecule has 0 saturated carbocycles. The van der Waals surface area contributed by atoms with E-state index >= 15 is 0 Å². The molecule has 21 heavy (non-hydrogen) atoms. The minimum Gasteiger partial charge on any atom is -0.312 e. The molecule has 2 heterocycles. The van der Waals surface area contributed by atoms with Crippen molar-refractivity contribution in [3.63, 3.8) is 0 Å². The number of benzene rings is 1. The zero-order valence-electron chi connectivity index (χ0n) is 12.5. The molecule has 5 nitrogen and oxygen atoms in total. The molecule has 0 radical (unpaired) electrons. The van der Waals surface area contributed by atoms with E-state index in [1.54, 1.807) is 12.1 Å². The third-order valence-electron chi connectivity index (χ3n) is 5.13. The molecule has 2 fully saturated rings. The third kappa shape index (κ3) is 3.09. The summed E-state index contributed by atoms with van der Waals surface area (Å²) in [5.74, 6) is 0.710. The van der Waals surface area contributed by atoms with Gasteiger partial charge in [0.1, 0.15) is 0 Å². The van der Waals surface area contributed by atoms with E-state index in [2.05, 4.69) is 17.3 Å². The van der Waals surface area contributed by atoms with Gasteiger partial charge in [-0.1, -0.05) is 18.2 Å². The molecule has 2 saturated heterocycles. The van der Waals surface area contributed by atoms with Crippen molar-refractivity contribution < 1.29 is 4.92 Å². The number of nitro groups is 1. The van der Waals surface area contributed by atoms with Crippen molar-refractivity contribution in [1.82, 2.24) is 10.2 Å². The number of nitrogens with zero attached hydrogens (tertiary/aromatic N) is 2. The lowest BCUT2D eigenvalue weighted by Crippen LogP contribution is -2.42. The van der Waals surface area contributed by atoms with E-state index in [1.165, 1.54) is 25.7 Å². The molecular formula is C16H23N3O2. The Morgan fingerprint density at radius 3 is 2.62 bits per heavy atom. The van der Waals surface area contributed by atoms with Crippen molar-refractivity contribution in [3.05, 3.63) is 39.9 Å². The van der Waals surface area contributed by atoms with Gasteiger partial charge in [0.2, 0.25) is 0 Å². The minimum atomic E-state index is -0.299. The molecule has 3 rings (SSSR count). The van der Waals surface area contributed by atoms with Gasteiger partial charge < -0.3 is 10.2 Å². The van der Waals surface area contributed by atoms with Crippen LogP contribution >= 0.6 is 0 Å². The van der Waals surface area contributed by atoms with Crippen LogP contribution in [-0.4, -0.2) is 35.5 Å². The molecule has 2 unspecified atom stereocenters. The molecule has 2 aliphatic heterocycles. The molecular weight excluding hydrogens is 266 g/mol. The molecule has 1 N–H and O–H groups in total. The summed E-state index contributed by atoms with van der Waals surface area (Å²) in [6, 6.07) is 8.50. The number of para-hydroxylation sites is 1. The molecule has 114 valence electrons. The van der Waals surface area contributed by atoms with Gasteiger partial charge in [-0.05, 0) is 45.2 Å². The average molecular weight is 289 g/mol. The number of nitro benzene ring substituents is 1. The topological polar surface area (TPSA) is 58.4 Å². The summed E-state index contributed by atoms with van der Waals surface area (Å²) in [4.78, 5) is 13.2. The van der Waals surface area contributed by atoms with Crippen molar-refractivity contribution in [2.24, 2.45) is 5.92 Å². The van der Waals surface area contributed by atoms with E-state index in [0.29, 0.717) is 12.5 Å². The van der Waals surface area contributed by atoms with Gasteiger partial charge >= 0.3 is 0 Å². The fourth-order valence-corrected chi connectivity index (χ4v) is 3.94. The first-order chi connectivity index (χ1) is 10.1. The SMILES string of the molecule is CN1C2CCC1CC(CNCc1ccccc1[N+](=O)[O-])C2. The van der Waals surface area contributed by atoms with Crippen molar-refractivity contribution in [3.8, 4) is 0 Å². The van der Waals surface area contributed by atoms with Crippen LogP contribution in [0.2, 0.25) is 0 Å². The number of fused-ring (bicyclic) bond motifs is 2. The summed E-state index contributed by atoms with van der Waals surface area (Å²) >= 11 is 0. The first kappa shape index (κ1) is 14.5. The Bertz CT molecular complexity index is 506. The summed E-state index contributed by atoms with van der Waals surface area (Å²) in [6.07, 6.45) is 5.19. The fraction of sp³-hybridized carbons (Fsp3) is 0.625. The van der Waals surface area contributed by atoms with Gasteiger partial charge in [0.15, 0.2) is 0 Å². The predicted octanol–water partition coefficient (Wildman–Crippen LogP) is 2.56.